The van der Waals surface area contributed by atoms with E-state index < -0.39 is 5.41 Å². The van der Waals surface area contributed by atoms with E-state index in [4.69, 9.17) is 18.0 Å². The second kappa shape index (κ2) is 4.68. The molecule has 1 aromatic rings. The van der Waals surface area contributed by atoms with Crippen LogP contribution in [-0.2, 0) is 4.79 Å². The highest BCUT2D eigenvalue weighted by Crippen LogP contribution is 2.46. The number of carbonyl (C=O) groups is 1. The van der Waals surface area contributed by atoms with Gasteiger partial charge in [-0.25, -0.2) is 4.98 Å². The van der Waals surface area contributed by atoms with E-state index in [0.717, 1.165) is 18.7 Å². The molecule has 5 nitrogen and oxygen atoms in total. The summed E-state index contributed by atoms with van der Waals surface area (Å²) in [5.74, 6) is 1.14. The predicted molar refractivity (Wildman–Crippen MR) is 72.8 cm³/mol. The number of nitrogens with two attached hydrogens (primary N) is 1. The summed E-state index contributed by atoms with van der Waals surface area (Å²) < 4.78 is 0. The quantitative estimate of drug-likeness (QED) is 0.717. The van der Waals surface area contributed by atoms with Crippen molar-refractivity contribution < 1.29 is 4.79 Å². The molecule has 98 valence electrons. The van der Waals surface area contributed by atoms with Gasteiger partial charge in [-0.3, -0.25) is 4.79 Å². The maximum atomic E-state index is 12.3. The average molecular weight is 266 g/mol. The Morgan fingerprint density at radius 1 is 1.72 bits per heavy atom. The number of aromatic nitrogens is 2. The van der Waals surface area contributed by atoms with E-state index in [-0.39, 0.29) is 11.9 Å². The fourth-order valence-electron chi connectivity index (χ4n) is 2.55. The normalized spacial score (nSPS) is 28.2. The minimum Gasteiger partial charge on any atom is -0.392 e. The number of rotatable bonds is 4. The highest BCUT2D eigenvalue weighted by atomic mass is 32.1. The summed E-state index contributed by atoms with van der Waals surface area (Å²) in [6, 6.07) is -0.172. The molecule has 1 fully saturated rings. The Labute approximate surface area is 112 Å². The van der Waals surface area contributed by atoms with Crippen molar-refractivity contribution in [3.05, 3.63) is 18.2 Å². The molecule has 2 rings (SSSR count). The molecule has 1 aromatic heterocycles. The summed E-state index contributed by atoms with van der Waals surface area (Å²) in [4.78, 5) is 19.7. The minimum absolute atomic E-state index is 0.0861. The molecule has 1 saturated carbocycles. The molecule has 18 heavy (non-hydrogen) atoms. The van der Waals surface area contributed by atoms with Crippen LogP contribution < -0.4 is 11.1 Å². The van der Waals surface area contributed by atoms with Crippen LogP contribution in [0.4, 0.5) is 0 Å². The first kappa shape index (κ1) is 13.0. The molecule has 0 saturated heterocycles. The first-order valence-electron chi connectivity index (χ1n) is 6.06. The molecule has 1 aliphatic carbocycles. The van der Waals surface area contributed by atoms with Crippen LogP contribution in [0.3, 0.4) is 0 Å². The SMILES string of the molecule is CC1CC(C(=O)NC(C)c2ncc[nH]2)(C(N)=S)C1. The van der Waals surface area contributed by atoms with Crippen LogP contribution in [0.25, 0.3) is 0 Å². The van der Waals surface area contributed by atoms with Crippen molar-refractivity contribution in [1.29, 1.82) is 0 Å². The third-order valence-corrected chi connectivity index (χ3v) is 3.97. The lowest BCUT2D eigenvalue weighted by molar-refractivity contribution is -0.133. The Balaban J connectivity index is 2.05. The average Bonchev–Trinajstić information content (AvgIpc) is 2.76. The van der Waals surface area contributed by atoms with Gasteiger partial charge in [-0.1, -0.05) is 19.1 Å². The maximum absolute atomic E-state index is 12.3. The molecule has 0 aliphatic heterocycles. The molecular formula is C12H18N4OS. The van der Waals surface area contributed by atoms with Crippen molar-refractivity contribution in [2.45, 2.75) is 32.7 Å². The van der Waals surface area contributed by atoms with E-state index in [1.807, 2.05) is 6.92 Å². The first-order valence-corrected chi connectivity index (χ1v) is 6.46. The molecule has 1 atom stereocenters. The molecule has 0 bridgehead atoms. The number of thiocarbonyl (C=S) groups is 1. The lowest BCUT2D eigenvalue weighted by atomic mass is 9.62. The van der Waals surface area contributed by atoms with E-state index in [0.29, 0.717) is 10.9 Å². The van der Waals surface area contributed by atoms with Crippen molar-refractivity contribution in [3.8, 4) is 0 Å². The fourth-order valence-corrected chi connectivity index (χ4v) is 2.81. The van der Waals surface area contributed by atoms with E-state index in [9.17, 15) is 4.79 Å². The summed E-state index contributed by atoms with van der Waals surface area (Å²) in [7, 11) is 0. The molecule has 0 aromatic carbocycles. The van der Waals surface area contributed by atoms with Crippen LogP contribution in [0.15, 0.2) is 12.4 Å². The molecule has 1 aliphatic rings. The number of H-pyrrole nitrogens is 1. The fraction of sp³-hybridized carbons (Fsp3) is 0.583. The summed E-state index contributed by atoms with van der Waals surface area (Å²) in [6.45, 7) is 3.98. The number of imidazole rings is 1. The van der Waals surface area contributed by atoms with Gasteiger partial charge in [-0.15, -0.1) is 0 Å². The number of amides is 1. The monoisotopic (exact) mass is 266 g/mol. The van der Waals surface area contributed by atoms with Crippen molar-refractivity contribution in [3.63, 3.8) is 0 Å². The topological polar surface area (TPSA) is 83.8 Å². The Bertz CT molecular complexity index is 451. The van der Waals surface area contributed by atoms with E-state index in [1.54, 1.807) is 12.4 Å². The number of nitrogens with zero attached hydrogens (tertiary/aromatic N) is 1. The lowest BCUT2D eigenvalue weighted by Crippen LogP contribution is -2.56. The Morgan fingerprint density at radius 3 is 2.83 bits per heavy atom. The molecule has 4 N–H and O–H groups in total. The van der Waals surface area contributed by atoms with E-state index >= 15 is 0 Å². The van der Waals surface area contributed by atoms with Gasteiger partial charge < -0.3 is 16.0 Å². The molecule has 1 heterocycles. The van der Waals surface area contributed by atoms with E-state index in [2.05, 4.69) is 22.2 Å². The van der Waals surface area contributed by atoms with Gasteiger partial charge in [-0.2, -0.15) is 0 Å². The van der Waals surface area contributed by atoms with Gasteiger partial charge in [0.1, 0.15) is 5.82 Å². The molecule has 1 amide bonds. The molecule has 0 spiro atoms. The number of carbonyl (C=O) groups excluding carboxylic acids is 1. The molecule has 6 heteroatoms. The zero-order chi connectivity index (χ0) is 13.3. The summed E-state index contributed by atoms with van der Waals surface area (Å²) in [5, 5.41) is 2.93. The number of hydrogen-bond donors (Lipinski definition) is 3. The minimum atomic E-state index is -0.657. The maximum Gasteiger partial charge on any atom is 0.233 e. The molecule has 1 unspecified atom stereocenters. The second-order valence-corrected chi connectivity index (χ2v) is 5.57. The van der Waals surface area contributed by atoms with Crippen LogP contribution in [-0.4, -0.2) is 20.9 Å². The standard InChI is InChI=1S/C12H18N4OS/c1-7-5-12(6-7,10(13)18)11(17)16-8(2)9-14-3-4-15-9/h3-4,7-8H,5-6H2,1-2H3,(H2,13,18)(H,14,15)(H,16,17). The largest absolute Gasteiger partial charge is 0.392 e. The van der Waals surface area contributed by atoms with Crippen LogP contribution in [0.5, 0.6) is 0 Å². The van der Waals surface area contributed by atoms with Crippen LogP contribution in [0, 0.1) is 11.3 Å². The number of hydrogen-bond acceptors (Lipinski definition) is 3. The van der Waals surface area contributed by atoms with Crippen LogP contribution in [0.1, 0.15) is 38.6 Å². The van der Waals surface area contributed by atoms with Crippen molar-refractivity contribution >= 4 is 23.1 Å². The summed E-state index contributed by atoms with van der Waals surface area (Å²) in [5.41, 5.74) is 5.08. The molecular weight excluding hydrogens is 248 g/mol. The first-order chi connectivity index (χ1) is 8.45. The van der Waals surface area contributed by atoms with Gasteiger partial charge in [0.25, 0.3) is 0 Å². The highest BCUT2D eigenvalue weighted by molar-refractivity contribution is 7.80. The Morgan fingerprint density at radius 2 is 2.39 bits per heavy atom. The zero-order valence-corrected chi connectivity index (χ0v) is 11.4. The smallest absolute Gasteiger partial charge is 0.233 e. The van der Waals surface area contributed by atoms with Crippen molar-refractivity contribution in [1.82, 2.24) is 15.3 Å². The van der Waals surface area contributed by atoms with Gasteiger partial charge in [0.15, 0.2) is 0 Å². The van der Waals surface area contributed by atoms with Crippen molar-refractivity contribution in [2.24, 2.45) is 17.1 Å². The third kappa shape index (κ3) is 2.12. The molecule has 0 radical (unpaired) electrons. The number of aromatic amines is 1. The zero-order valence-electron chi connectivity index (χ0n) is 10.6. The summed E-state index contributed by atoms with van der Waals surface area (Å²) >= 11 is 5.06. The van der Waals surface area contributed by atoms with E-state index in [1.165, 1.54) is 0 Å². The Kier molecular flexibility index (Phi) is 3.38. The predicted octanol–water partition coefficient (Wildman–Crippen LogP) is 1.29. The van der Waals surface area contributed by atoms with Crippen molar-refractivity contribution in [2.75, 3.05) is 0 Å². The van der Waals surface area contributed by atoms with Crippen LogP contribution in [0.2, 0.25) is 0 Å². The van der Waals surface area contributed by atoms with Crippen LogP contribution >= 0.6 is 12.2 Å². The van der Waals surface area contributed by atoms with Gasteiger partial charge in [-0.05, 0) is 25.7 Å². The second-order valence-electron chi connectivity index (χ2n) is 5.13. The highest BCUT2D eigenvalue weighted by Gasteiger charge is 2.51. The number of nitrogens with one attached hydrogen (secondary N) is 2. The van der Waals surface area contributed by atoms with Gasteiger partial charge in [0.05, 0.1) is 16.4 Å². The lowest BCUT2D eigenvalue weighted by Gasteiger charge is -2.44. The van der Waals surface area contributed by atoms with Gasteiger partial charge in [0.2, 0.25) is 5.91 Å². The van der Waals surface area contributed by atoms with Gasteiger partial charge >= 0.3 is 0 Å². The Hall–Kier alpha value is -1.43. The summed E-state index contributed by atoms with van der Waals surface area (Å²) in [6.07, 6.45) is 4.86. The van der Waals surface area contributed by atoms with Gasteiger partial charge in [0, 0.05) is 12.4 Å². The third-order valence-electron chi connectivity index (χ3n) is 3.58.